The van der Waals surface area contributed by atoms with E-state index in [1.807, 2.05) is 22.8 Å². The average Bonchev–Trinajstić information content (AvgIpc) is 2.92. The molecule has 2 aliphatic rings. The smallest absolute Gasteiger partial charge is 0.387 e. The quantitative estimate of drug-likeness (QED) is 0.584. The van der Waals surface area contributed by atoms with Gasteiger partial charge in [-0.15, -0.1) is 0 Å². The minimum atomic E-state index is -2.89. The van der Waals surface area contributed by atoms with E-state index >= 15 is 0 Å². The van der Waals surface area contributed by atoms with E-state index in [0.29, 0.717) is 23.6 Å². The number of benzene rings is 2. The zero-order chi connectivity index (χ0) is 22.0. The van der Waals surface area contributed by atoms with E-state index in [1.165, 1.54) is 12.1 Å². The maximum atomic E-state index is 12.5. The second-order valence-corrected chi connectivity index (χ2v) is 7.72. The van der Waals surface area contributed by atoms with Gasteiger partial charge in [0, 0.05) is 18.1 Å². The fourth-order valence-corrected chi connectivity index (χ4v) is 4.45. The maximum Gasteiger partial charge on any atom is 0.387 e. The van der Waals surface area contributed by atoms with E-state index in [-0.39, 0.29) is 29.3 Å². The highest BCUT2D eigenvalue weighted by molar-refractivity contribution is 5.97. The number of nitrogens with zero attached hydrogens (tertiary/aromatic N) is 2. The van der Waals surface area contributed by atoms with Crippen LogP contribution in [0.4, 0.5) is 14.5 Å². The molecule has 0 saturated heterocycles. The number of hydrogen-bond donors (Lipinski definition) is 1. The number of anilines is 1. The number of aliphatic hydroxyl groups is 1. The Balaban J connectivity index is 0.00000289. The van der Waals surface area contributed by atoms with Gasteiger partial charge in [-0.05, 0) is 55.7 Å². The number of alkyl halides is 2. The molecule has 2 aromatic carbocycles. The molecule has 2 aromatic rings. The normalized spacial score (nSPS) is 20.5. The van der Waals surface area contributed by atoms with E-state index in [4.69, 9.17) is 9.47 Å². The number of methoxy groups -OCH3 is 2. The SMILES string of the molecule is COc1ccc(OC)c(N2CC(O)(c3ccc(OC(F)F)cc3)[N+]3=C2CCCCC3)c1.[Br-]. The fourth-order valence-electron chi connectivity index (χ4n) is 4.45. The van der Waals surface area contributed by atoms with Crippen LogP contribution < -0.4 is 36.1 Å². The lowest BCUT2D eigenvalue weighted by Gasteiger charge is -2.24. The predicted molar refractivity (Wildman–Crippen MR) is 112 cm³/mol. The van der Waals surface area contributed by atoms with Crippen LogP contribution in [0.15, 0.2) is 42.5 Å². The van der Waals surface area contributed by atoms with Crippen molar-refractivity contribution in [2.75, 3.05) is 32.2 Å². The molecule has 0 bridgehead atoms. The average molecular weight is 513 g/mol. The molecule has 1 atom stereocenters. The molecule has 32 heavy (non-hydrogen) atoms. The molecule has 0 radical (unpaired) electrons. The zero-order valence-electron chi connectivity index (χ0n) is 18.1. The third kappa shape index (κ3) is 4.54. The van der Waals surface area contributed by atoms with Crippen molar-refractivity contribution < 1.29 is 49.7 Å². The van der Waals surface area contributed by atoms with Gasteiger partial charge < -0.3 is 36.3 Å². The molecule has 4 rings (SSSR count). The van der Waals surface area contributed by atoms with Crippen LogP contribution >= 0.6 is 0 Å². The third-order valence-electron chi connectivity index (χ3n) is 5.95. The van der Waals surface area contributed by atoms with Crippen LogP contribution in [0.5, 0.6) is 17.2 Å². The molecule has 0 saturated carbocycles. The summed E-state index contributed by atoms with van der Waals surface area (Å²) >= 11 is 0. The standard InChI is InChI=1S/C23H27F2N2O4.BrH/c1-29-18-11-12-20(30-2)19(14-18)26-15-23(28,27-13-5-3-4-6-21(26)27)16-7-9-17(10-8-16)31-22(24)25;/h7-12,14,22,28H,3-6,13,15H2,1-2H3;1H/q+1;/p-1. The molecule has 0 aromatic heterocycles. The Morgan fingerprint density at radius 3 is 2.38 bits per heavy atom. The largest absolute Gasteiger partial charge is 1.00 e. The van der Waals surface area contributed by atoms with E-state index < -0.39 is 12.3 Å². The Hall–Kier alpha value is -2.39. The van der Waals surface area contributed by atoms with Crippen LogP contribution in [0.25, 0.3) is 0 Å². The van der Waals surface area contributed by atoms with Crippen molar-refractivity contribution in [1.82, 2.24) is 0 Å². The minimum Gasteiger partial charge on any atom is -1.00 e. The van der Waals surface area contributed by atoms with E-state index in [2.05, 4.69) is 9.64 Å². The second kappa shape index (κ2) is 10.0. The Bertz CT molecular complexity index is 971. The Kier molecular flexibility index (Phi) is 7.61. The Labute approximate surface area is 196 Å². The maximum absolute atomic E-state index is 12.5. The van der Waals surface area contributed by atoms with Crippen LogP contribution in [-0.4, -0.2) is 49.4 Å². The first-order chi connectivity index (χ1) is 15.0. The van der Waals surface area contributed by atoms with Crippen molar-refractivity contribution in [2.45, 2.75) is 38.0 Å². The summed E-state index contributed by atoms with van der Waals surface area (Å²) in [6.45, 7) is -1.91. The van der Waals surface area contributed by atoms with Crippen LogP contribution in [0.2, 0.25) is 0 Å². The molecule has 2 heterocycles. The molecule has 0 spiro atoms. The van der Waals surface area contributed by atoms with Crippen molar-refractivity contribution in [3.63, 3.8) is 0 Å². The van der Waals surface area contributed by atoms with E-state index in [0.717, 1.165) is 37.2 Å². The van der Waals surface area contributed by atoms with Crippen LogP contribution in [0, 0.1) is 0 Å². The first-order valence-electron chi connectivity index (χ1n) is 10.4. The zero-order valence-corrected chi connectivity index (χ0v) is 19.6. The molecule has 9 heteroatoms. The molecule has 0 fully saturated rings. The Morgan fingerprint density at radius 1 is 1.00 bits per heavy atom. The lowest BCUT2D eigenvalue weighted by atomic mass is 10.0. The number of β-amino-alcohol motifs (C(OH)–C–C–N with tert-alkyl or cyclic N) is 1. The Morgan fingerprint density at radius 2 is 1.72 bits per heavy atom. The third-order valence-corrected chi connectivity index (χ3v) is 5.95. The number of hydrogen-bond acceptors (Lipinski definition) is 5. The summed E-state index contributed by atoms with van der Waals surface area (Å²) in [7, 11) is 3.23. The summed E-state index contributed by atoms with van der Waals surface area (Å²) in [6, 6.07) is 11.8. The lowest BCUT2D eigenvalue weighted by molar-refractivity contribution is -0.658. The summed E-state index contributed by atoms with van der Waals surface area (Å²) in [5.41, 5.74) is 0.132. The van der Waals surface area contributed by atoms with Gasteiger partial charge in [0.25, 0.3) is 11.6 Å². The number of ether oxygens (including phenoxy) is 3. The van der Waals surface area contributed by atoms with Gasteiger partial charge in [0.15, 0.2) is 18.0 Å². The summed E-state index contributed by atoms with van der Waals surface area (Å²) in [5, 5.41) is 11.9. The first-order valence-corrected chi connectivity index (χ1v) is 10.4. The first kappa shape index (κ1) is 24.3. The highest BCUT2D eigenvalue weighted by atomic mass is 79.9. The van der Waals surface area contributed by atoms with E-state index in [1.54, 1.807) is 26.4 Å². The van der Waals surface area contributed by atoms with Gasteiger partial charge in [-0.25, -0.2) is 9.48 Å². The predicted octanol–water partition coefficient (Wildman–Crippen LogP) is 0.960. The monoisotopic (exact) mass is 512 g/mol. The summed E-state index contributed by atoms with van der Waals surface area (Å²) in [4.78, 5) is 2.08. The molecule has 0 aliphatic carbocycles. The molecule has 0 amide bonds. The topological polar surface area (TPSA) is 54.2 Å². The molecule has 2 aliphatic heterocycles. The lowest BCUT2D eigenvalue weighted by Crippen LogP contribution is -3.00. The fraction of sp³-hybridized carbons (Fsp3) is 0.435. The van der Waals surface area contributed by atoms with Crippen LogP contribution in [-0.2, 0) is 5.72 Å². The van der Waals surface area contributed by atoms with Crippen molar-refractivity contribution in [3.05, 3.63) is 48.0 Å². The number of amidine groups is 1. The van der Waals surface area contributed by atoms with Crippen molar-refractivity contribution in [2.24, 2.45) is 0 Å². The molecule has 1 N–H and O–H groups in total. The summed E-state index contributed by atoms with van der Waals surface area (Å²) < 4.78 is 42.6. The van der Waals surface area contributed by atoms with Gasteiger partial charge in [0.05, 0.1) is 20.8 Å². The van der Waals surface area contributed by atoms with Gasteiger partial charge in [-0.3, -0.25) is 0 Å². The van der Waals surface area contributed by atoms with Gasteiger partial charge in [-0.2, -0.15) is 8.78 Å². The molecule has 1 unspecified atom stereocenters. The molecule has 6 nitrogen and oxygen atoms in total. The van der Waals surface area contributed by atoms with Crippen LogP contribution in [0.3, 0.4) is 0 Å². The van der Waals surface area contributed by atoms with Gasteiger partial charge >= 0.3 is 6.61 Å². The summed E-state index contributed by atoms with van der Waals surface area (Å²) in [5.74, 6) is 2.45. The van der Waals surface area contributed by atoms with Crippen LogP contribution in [0.1, 0.15) is 31.2 Å². The highest BCUT2D eigenvalue weighted by Crippen LogP contribution is 2.40. The molecular formula is C23H27BrF2N2O4. The molecule has 174 valence electrons. The minimum absolute atomic E-state index is 0. The van der Waals surface area contributed by atoms with Crippen molar-refractivity contribution >= 4 is 11.5 Å². The van der Waals surface area contributed by atoms with Gasteiger partial charge in [0.2, 0.25) is 0 Å². The van der Waals surface area contributed by atoms with Crippen molar-refractivity contribution in [1.29, 1.82) is 0 Å². The van der Waals surface area contributed by atoms with Gasteiger partial charge in [0.1, 0.15) is 11.5 Å². The number of rotatable bonds is 6. The number of halogens is 3. The highest BCUT2D eigenvalue weighted by Gasteiger charge is 2.52. The summed E-state index contributed by atoms with van der Waals surface area (Å²) in [6.07, 6.45) is 3.86. The van der Waals surface area contributed by atoms with E-state index in [9.17, 15) is 13.9 Å². The van der Waals surface area contributed by atoms with Crippen molar-refractivity contribution in [3.8, 4) is 17.2 Å². The second-order valence-electron chi connectivity index (χ2n) is 7.72. The molecular weight excluding hydrogens is 486 g/mol. The van der Waals surface area contributed by atoms with Gasteiger partial charge in [-0.1, -0.05) is 0 Å².